The Labute approximate surface area is 117 Å². The van der Waals surface area contributed by atoms with Crippen molar-refractivity contribution in [3.8, 4) is 0 Å². The van der Waals surface area contributed by atoms with E-state index in [1.807, 2.05) is 6.20 Å². The van der Waals surface area contributed by atoms with E-state index in [2.05, 4.69) is 48.1 Å². The van der Waals surface area contributed by atoms with Crippen LogP contribution in [0.15, 0.2) is 18.3 Å². The molecule has 1 fully saturated rings. The maximum atomic E-state index is 4.61. The van der Waals surface area contributed by atoms with Gasteiger partial charge in [0.15, 0.2) is 0 Å². The van der Waals surface area contributed by atoms with E-state index in [4.69, 9.17) is 0 Å². The highest BCUT2D eigenvalue weighted by Crippen LogP contribution is 2.31. The van der Waals surface area contributed by atoms with Gasteiger partial charge in [-0.15, -0.1) is 0 Å². The van der Waals surface area contributed by atoms with Crippen LogP contribution >= 0.6 is 0 Å². The minimum atomic E-state index is 0.501. The topological polar surface area (TPSA) is 28.2 Å². The Hall–Kier alpha value is -1.09. The number of pyridine rings is 1. The molecule has 106 valence electrons. The zero-order valence-electron chi connectivity index (χ0n) is 12.6. The molecule has 0 amide bonds. The van der Waals surface area contributed by atoms with Crippen molar-refractivity contribution in [2.75, 3.05) is 24.5 Å². The summed E-state index contributed by atoms with van der Waals surface area (Å²) >= 11 is 0. The number of hydrogen-bond donors (Lipinski definition) is 1. The minimum absolute atomic E-state index is 0.501. The fraction of sp³-hybridized carbons (Fsp3) is 0.688. The van der Waals surface area contributed by atoms with E-state index in [-0.39, 0.29) is 0 Å². The van der Waals surface area contributed by atoms with Crippen molar-refractivity contribution in [1.82, 2.24) is 10.3 Å². The van der Waals surface area contributed by atoms with Crippen LogP contribution in [-0.4, -0.2) is 24.6 Å². The van der Waals surface area contributed by atoms with Gasteiger partial charge in [0.05, 0.1) is 0 Å². The predicted octanol–water partition coefficient (Wildman–Crippen LogP) is 3.21. The highest BCUT2D eigenvalue weighted by Gasteiger charge is 2.25. The molecule has 0 spiro atoms. The molecule has 19 heavy (non-hydrogen) atoms. The number of nitrogens with zero attached hydrogens (tertiary/aromatic N) is 2. The van der Waals surface area contributed by atoms with E-state index in [1.54, 1.807) is 0 Å². The molecule has 1 aliphatic rings. The summed E-state index contributed by atoms with van der Waals surface area (Å²) in [5.74, 6) is 1.13. The lowest BCUT2D eigenvalue weighted by Gasteiger charge is -2.37. The third kappa shape index (κ3) is 4.20. The highest BCUT2D eigenvalue weighted by atomic mass is 15.2. The van der Waals surface area contributed by atoms with Crippen LogP contribution in [0.4, 0.5) is 5.82 Å². The average molecular weight is 261 g/mol. The Morgan fingerprint density at radius 2 is 2.00 bits per heavy atom. The summed E-state index contributed by atoms with van der Waals surface area (Å²) in [5.41, 5.74) is 1.77. The van der Waals surface area contributed by atoms with Crippen LogP contribution in [0.1, 0.15) is 45.6 Å². The Bertz CT molecular complexity index is 373. The molecule has 0 saturated carbocycles. The molecule has 3 heteroatoms. The van der Waals surface area contributed by atoms with Crippen molar-refractivity contribution < 1.29 is 0 Å². The van der Waals surface area contributed by atoms with Gasteiger partial charge < -0.3 is 10.2 Å². The molecule has 0 bridgehead atoms. The fourth-order valence-corrected chi connectivity index (χ4v) is 2.46. The third-order valence-corrected chi connectivity index (χ3v) is 4.01. The standard InChI is InChI=1S/C16H27N3/c1-4-9-17-12-14-5-6-15(18-13-14)19-10-7-16(2,3)8-11-19/h5-6,13,17H,4,7-12H2,1-3H3. The molecule has 2 rings (SSSR count). The van der Waals surface area contributed by atoms with Crippen LogP contribution in [0.25, 0.3) is 0 Å². The van der Waals surface area contributed by atoms with Crippen LogP contribution in [0.3, 0.4) is 0 Å². The van der Waals surface area contributed by atoms with Crippen molar-refractivity contribution in [2.24, 2.45) is 5.41 Å². The average Bonchev–Trinajstić information content (AvgIpc) is 2.40. The van der Waals surface area contributed by atoms with Gasteiger partial charge in [0.2, 0.25) is 0 Å². The van der Waals surface area contributed by atoms with Gasteiger partial charge in [0.25, 0.3) is 0 Å². The van der Waals surface area contributed by atoms with Crippen molar-refractivity contribution in [3.63, 3.8) is 0 Å². The molecule has 1 aliphatic heterocycles. The second-order valence-electron chi connectivity index (χ2n) is 6.35. The zero-order chi connectivity index (χ0) is 13.7. The maximum Gasteiger partial charge on any atom is 0.128 e. The molecular formula is C16H27N3. The van der Waals surface area contributed by atoms with Gasteiger partial charge in [-0.2, -0.15) is 0 Å². The van der Waals surface area contributed by atoms with Gasteiger partial charge in [0.1, 0.15) is 5.82 Å². The highest BCUT2D eigenvalue weighted by molar-refractivity contribution is 5.39. The second kappa shape index (κ2) is 6.38. The van der Waals surface area contributed by atoms with E-state index in [9.17, 15) is 0 Å². The van der Waals surface area contributed by atoms with Crippen molar-refractivity contribution in [1.29, 1.82) is 0 Å². The van der Waals surface area contributed by atoms with Crippen LogP contribution in [0.2, 0.25) is 0 Å². The summed E-state index contributed by atoms with van der Waals surface area (Å²) in [6, 6.07) is 4.37. The Balaban J connectivity index is 1.88. The SMILES string of the molecule is CCCNCc1ccc(N2CCC(C)(C)CC2)nc1. The molecule has 1 aromatic heterocycles. The van der Waals surface area contributed by atoms with Crippen molar-refractivity contribution >= 4 is 5.82 Å². The lowest BCUT2D eigenvalue weighted by molar-refractivity contribution is 0.279. The Morgan fingerprint density at radius 1 is 1.26 bits per heavy atom. The van der Waals surface area contributed by atoms with Crippen LogP contribution in [0, 0.1) is 5.41 Å². The molecule has 0 unspecified atom stereocenters. The largest absolute Gasteiger partial charge is 0.357 e. The second-order valence-corrected chi connectivity index (χ2v) is 6.35. The summed E-state index contributed by atoms with van der Waals surface area (Å²) in [7, 11) is 0. The Morgan fingerprint density at radius 3 is 2.58 bits per heavy atom. The summed E-state index contributed by atoms with van der Waals surface area (Å²) in [6.45, 7) is 11.2. The van der Waals surface area contributed by atoms with Crippen LogP contribution in [-0.2, 0) is 6.54 Å². The van der Waals surface area contributed by atoms with E-state index >= 15 is 0 Å². The number of hydrogen-bond acceptors (Lipinski definition) is 3. The Kier molecular flexibility index (Phi) is 4.81. The molecule has 1 N–H and O–H groups in total. The quantitative estimate of drug-likeness (QED) is 0.825. The van der Waals surface area contributed by atoms with Gasteiger partial charge in [-0.05, 0) is 42.9 Å². The van der Waals surface area contributed by atoms with Gasteiger partial charge in [-0.25, -0.2) is 4.98 Å². The molecule has 0 atom stereocenters. The van der Waals surface area contributed by atoms with Crippen LogP contribution in [0.5, 0.6) is 0 Å². The molecule has 1 saturated heterocycles. The molecule has 2 heterocycles. The first-order chi connectivity index (χ1) is 9.11. The zero-order valence-corrected chi connectivity index (χ0v) is 12.6. The number of rotatable bonds is 5. The molecule has 0 aromatic carbocycles. The maximum absolute atomic E-state index is 4.61. The summed E-state index contributed by atoms with van der Waals surface area (Å²) in [4.78, 5) is 7.03. The smallest absolute Gasteiger partial charge is 0.128 e. The van der Waals surface area contributed by atoms with Gasteiger partial charge >= 0.3 is 0 Å². The normalized spacial score (nSPS) is 18.6. The molecule has 3 nitrogen and oxygen atoms in total. The molecular weight excluding hydrogens is 234 g/mol. The summed E-state index contributed by atoms with van der Waals surface area (Å²) < 4.78 is 0. The monoisotopic (exact) mass is 261 g/mol. The first-order valence-corrected chi connectivity index (χ1v) is 7.51. The van der Waals surface area contributed by atoms with Crippen LogP contribution < -0.4 is 10.2 Å². The number of piperidine rings is 1. The number of nitrogens with one attached hydrogen (secondary N) is 1. The lowest BCUT2D eigenvalue weighted by Crippen LogP contribution is -2.37. The minimum Gasteiger partial charge on any atom is -0.357 e. The van der Waals surface area contributed by atoms with E-state index in [0.717, 1.165) is 32.0 Å². The van der Waals surface area contributed by atoms with E-state index in [0.29, 0.717) is 5.41 Å². The predicted molar refractivity (Wildman–Crippen MR) is 81.5 cm³/mol. The number of anilines is 1. The lowest BCUT2D eigenvalue weighted by atomic mass is 9.83. The van der Waals surface area contributed by atoms with E-state index in [1.165, 1.54) is 24.8 Å². The molecule has 0 radical (unpaired) electrons. The van der Waals surface area contributed by atoms with Crippen molar-refractivity contribution in [2.45, 2.75) is 46.6 Å². The molecule has 1 aromatic rings. The van der Waals surface area contributed by atoms with Gasteiger partial charge in [-0.3, -0.25) is 0 Å². The summed E-state index contributed by atoms with van der Waals surface area (Å²) in [5, 5.41) is 3.41. The fourth-order valence-electron chi connectivity index (χ4n) is 2.46. The van der Waals surface area contributed by atoms with Gasteiger partial charge in [-0.1, -0.05) is 26.8 Å². The van der Waals surface area contributed by atoms with Gasteiger partial charge in [0, 0.05) is 25.8 Å². The summed E-state index contributed by atoms with van der Waals surface area (Å²) in [6.07, 6.45) is 5.70. The first kappa shape index (κ1) is 14.3. The number of aromatic nitrogens is 1. The third-order valence-electron chi connectivity index (χ3n) is 4.01. The molecule has 0 aliphatic carbocycles. The van der Waals surface area contributed by atoms with E-state index < -0.39 is 0 Å². The van der Waals surface area contributed by atoms with Crippen molar-refractivity contribution in [3.05, 3.63) is 23.9 Å². The first-order valence-electron chi connectivity index (χ1n) is 7.51.